The largest absolute Gasteiger partial charge is 0.481 e. The van der Waals surface area contributed by atoms with E-state index in [4.69, 9.17) is 42.8 Å². The van der Waals surface area contributed by atoms with E-state index in [1.54, 1.807) is 17.3 Å². The summed E-state index contributed by atoms with van der Waals surface area (Å²) in [7, 11) is 2.59. The lowest BCUT2D eigenvalue weighted by atomic mass is 9.95. The number of piperazine rings is 1. The number of thiazole rings is 2. The molecule has 2 aromatic heterocycles. The molecule has 2 saturated carbocycles. The normalized spacial score (nSPS) is 22.8. The predicted octanol–water partition coefficient (Wildman–Crippen LogP) is 8.65. The van der Waals surface area contributed by atoms with Gasteiger partial charge in [-0.25, -0.2) is 37.9 Å². The number of ether oxygens (including phenoxy) is 2. The number of amidine groups is 2. The summed E-state index contributed by atoms with van der Waals surface area (Å²) in [5, 5.41) is 30.4. The molecule has 4 atom stereocenters. The third-order valence-electron chi connectivity index (χ3n) is 16.1. The average molecular weight is 1300 g/mol. The van der Waals surface area contributed by atoms with Gasteiger partial charge in [0.15, 0.2) is 21.7 Å². The minimum atomic E-state index is -0.902. The fourth-order valence-electron chi connectivity index (χ4n) is 11.7. The number of carboxylic acid groups (broad SMARTS) is 2. The summed E-state index contributed by atoms with van der Waals surface area (Å²) in [6, 6.07) is 6.58. The maximum atomic E-state index is 13.9. The first kappa shape index (κ1) is 62.0. The fraction of sp³-hybridized carbons (Fsp3) is 0.464. The Hall–Kier alpha value is -6.58. The minimum Gasteiger partial charge on any atom is -0.481 e. The number of nitrogens with one attached hydrogen (secondary N) is 2. The van der Waals surface area contributed by atoms with E-state index in [2.05, 4.69) is 46.4 Å². The average Bonchev–Trinajstić information content (AvgIpc) is 2.85. The Bertz CT molecular complexity index is 3330. The molecule has 6 fully saturated rings. The van der Waals surface area contributed by atoms with Gasteiger partial charge in [0.25, 0.3) is 0 Å². The Morgan fingerprint density at radius 1 is 0.702 bits per heavy atom. The lowest BCUT2D eigenvalue weighted by Gasteiger charge is -2.38. The summed E-state index contributed by atoms with van der Waals surface area (Å²) in [6.45, 7) is 3.94. The van der Waals surface area contributed by atoms with Crippen molar-refractivity contribution in [2.24, 2.45) is 9.98 Å². The number of alkyl halides is 1. The maximum Gasteiger partial charge on any atom is 0.338 e. The maximum absolute atomic E-state index is 13.9. The Balaban J connectivity index is 0.000000167. The summed E-state index contributed by atoms with van der Waals surface area (Å²) in [5.74, 6) is -2.81. The first-order chi connectivity index (χ1) is 39.9. The van der Waals surface area contributed by atoms with Gasteiger partial charge in [-0.1, -0.05) is 58.7 Å². The number of nitrogens with zero attached hydrogens (tertiary/aromatic N) is 9. The van der Waals surface area contributed by atoms with Crippen LogP contribution >= 0.6 is 61.8 Å². The van der Waals surface area contributed by atoms with Crippen LogP contribution in [0.5, 0.6) is 0 Å². The van der Waals surface area contributed by atoms with Gasteiger partial charge in [0.2, 0.25) is 0 Å². The van der Waals surface area contributed by atoms with Crippen molar-refractivity contribution >= 4 is 109 Å². The van der Waals surface area contributed by atoms with E-state index in [-0.39, 0.29) is 59.5 Å². The Morgan fingerprint density at radius 3 is 1.61 bits per heavy atom. The lowest BCUT2D eigenvalue weighted by molar-refractivity contribution is -0.139. The van der Waals surface area contributed by atoms with Crippen LogP contribution < -0.4 is 10.6 Å². The third kappa shape index (κ3) is 13.0. The van der Waals surface area contributed by atoms with Crippen LogP contribution in [0.15, 0.2) is 92.1 Å². The highest BCUT2D eigenvalue weighted by atomic mass is 79.9. The number of benzene rings is 2. The van der Waals surface area contributed by atoms with Crippen LogP contribution in [0.25, 0.3) is 0 Å². The predicted molar refractivity (Wildman–Crippen MR) is 314 cm³/mol. The summed E-state index contributed by atoms with van der Waals surface area (Å²) in [4.78, 5) is 101. The molecule has 2 aliphatic carbocycles. The Kier molecular flexibility index (Phi) is 19.1. The highest BCUT2D eigenvalue weighted by Gasteiger charge is 2.58. The number of urea groups is 2. The van der Waals surface area contributed by atoms with E-state index in [1.165, 1.54) is 79.7 Å². The second-order valence-corrected chi connectivity index (χ2v) is 24.4. The van der Waals surface area contributed by atoms with Crippen molar-refractivity contribution in [1.82, 2.24) is 45.1 Å². The van der Waals surface area contributed by atoms with Gasteiger partial charge >= 0.3 is 35.9 Å². The zero-order valence-corrected chi connectivity index (χ0v) is 49.7. The molecule has 448 valence electrons. The number of esters is 2. The van der Waals surface area contributed by atoms with Gasteiger partial charge < -0.3 is 49.9 Å². The summed E-state index contributed by atoms with van der Waals surface area (Å²) in [6.07, 6.45) is 9.83. The van der Waals surface area contributed by atoms with Gasteiger partial charge in [-0.2, -0.15) is 0 Å². The highest BCUT2D eigenvalue weighted by molar-refractivity contribution is 9.09. The number of piperidine rings is 1. The molecule has 6 aliphatic heterocycles. The van der Waals surface area contributed by atoms with Gasteiger partial charge in [0.1, 0.15) is 23.7 Å². The topological polar surface area (TPSA) is 252 Å². The van der Waals surface area contributed by atoms with Crippen molar-refractivity contribution in [1.29, 1.82) is 0 Å². The number of rotatable bonds is 15. The molecule has 12 rings (SSSR count). The molecule has 8 aliphatic rings. The molecule has 0 radical (unpaired) electrons. The molecule has 4 N–H and O–H groups in total. The van der Waals surface area contributed by atoms with Gasteiger partial charge in [-0.15, -0.1) is 22.7 Å². The van der Waals surface area contributed by atoms with Crippen molar-refractivity contribution < 1.29 is 57.2 Å². The van der Waals surface area contributed by atoms with E-state index in [1.807, 2.05) is 25.5 Å². The second kappa shape index (κ2) is 26.0. The Labute approximate surface area is 509 Å². The smallest absolute Gasteiger partial charge is 0.338 e. The van der Waals surface area contributed by atoms with Crippen molar-refractivity contribution in [3.8, 4) is 0 Å². The van der Waals surface area contributed by atoms with Gasteiger partial charge in [0, 0.05) is 107 Å². The van der Waals surface area contributed by atoms with Crippen molar-refractivity contribution in [3.05, 3.63) is 125 Å². The van der Waals surface area contributed by atoms with Crippen LogP contribution in [0.1, 0.15) is 98.4 Å². The van der Waals surface area contributed by atoms with E-state index < -0.39 is 53.1 Å². The third-order valence-corrected chi connectivity index (χ3v) is 18.8. The molecule has 21 nitrogen and oxygen atoms in total. The molecule has 0 unspecified atom stereocenters. The number of hydrogen-bond acceptors (Lipinski definition) is 17. The van der Waals surface area contributed by atoms with Crippen LogP contribution in [0.2, 0.25) is 10.0 Å². The van der Waals surface area contributed by atoms with Gasteiger partial charge in [-0.3, -0.25) is 24.5 Å². The van der Waals surface area contributed by atoms with Crippen molar-refractivity contribution in [2.75, 3.05) is 65.4 Å². The molecule has 4 saturated heterocycles. The SMILES string of the molecule is C.COC(=O)C1=C(CBr)NC(c2nccs2)=N[C@H]1c1ccc(F)cc1Cl.COC(=O)C1=C(CN2CCN3C(=O)N(C4(CC(=O)O)CC4)C[C@@H]3C2)NC(c2nccs2)=N[C@H]1c1ccc(F)cc1Cl.O=C(O)CC1(N2C[C@@H]3CCCCN3C2=O)CC1. The fourth-order valence-corrected chi connectivity index (χ4v) is 13.8. The standard InChI is InChI=1S/C27H28ClFN6O5S.C16H12BrClFN3O2S.C12H18N2O3.CH4/c1-40-25(38)21-19(31-23(24-30-6-9-41-24)32-22(21)17-3-2-15(29)10-18(17)28)14-33-7-8-34-16(12-33)13-35(26(34)39)27(4-5-27)11-20(36)37;1-24-16(23)12-11(7-17)21-14(15-20-4-5-25-15)22-13(12)9-3-2-8(19)6-10(9)18;15-10(16)7-12(4-5-12)14-8-9-3-1-2-6-13(9)11(14)17;/h2-3,6,9-10,16,22H,4-5,7-8,11-14H2,1H3,(H,31,32)(H,36,37);2-6,13H,7H2,1H3,(H,21,22);9H,1-8H2,(H,15,16);1H4/t16-,22-;13-;9-;/m000./s1. The van der Waals surface area contributed by atoms with Crippen LogP contribution in [0, 0.1) is 11.6 Å². The summed E-state index contributed by atoms with van der Waals surface area (Å²) >= 11 is 18.8. The summed E-state index contributed by atoms with van der Waals surface area (Å²) in [5.41, 5.74) is 1.75. The van der Waals surface area contributed by atoms with Crippen LogP contribution in [0.3, 0.4) is 0 Å². The zero-order valence-electron chi connectivity index (χ0n) is 45.0. The number of halogens is 5. The molecule has 4 aromatic rings. The van der Waals surface area contributed by atoms with Crippen molar-refractivity contribution in [2.45, 2.75) is 100 Å². The molecule has 8 heterocycles. The number of aliphatic imine (C=N–C) groups is 2. The number of aromatic nitrogens is 2. The molecule has 84 heavy (non-hydrogen) atoms. The molecular weight excluding hydrogens is 1240 g/mol. The number of methoxy groups -OCH3 is 2. The number of aliphatic carboxylic acids is 2. The number of fused-ring (bicyclic) bond motifs is 2. The lowest BCUT2D eigenvalue weighted by Crippen LogP contribution is -2.53. The molecule has 28 heteroatoms. The Morgan fingerprint density at radius 2 is 1.18 bits per heavy atom. The highest BCUT2D eigenvalue weighted by Crippen LogP contribution is 2.49. The summed E-state index contributed by atoms with van der Waals surface area (Å²) < 4.78 is 37.4. The second-order valence-electron chi connectivity index (χ2n) is 21.2. The van der Waals surface area contributed by atoms with Crippen LogP contribution in [-0.2, 0) is 28.7 Å². The van der Waals surface area contributed by atoms with Crippen molar-refractivity contribution in [3.63, 3.8) is 0 Å². The molecule has 0 bridgehead atoms. The number of carbonyl (C=O) groups excluding carboxylic acids is 4. The van der Waals surface area contributed by atoms with Gasteiger partial charge in [0.05, 0.1) is 61.4 Å². The van der Waals surface area contributed by atoms with E-state index in [0.717, 1.165) is 38.8 Å². The monoisotopic (exact) mass is 1300 g/mol. The number of hydrogen-bond donors (Lipinski definition) is 4. The van der Waals surface area contributed by atoms with Crippen LogP contribution in [-0.4, -0.2) is 181 Å². The molecular formula is C56H62BrCl2F2N11O10S2. The van der Waals surface area contributed by atoms with Gasteiger partial charge in [-0.05, 0) is 69.2 Å². The first-order valence-electron chi connectivity index (χ1n) is 26.8. The number of allylic oxidation sites excluding steroid dienone is 1. The van der Waals surface area contributed by atoms with E-state index in [9.17, 15) is 42.7 Å². The number of carbonyl (C=O) groups is 6. The first-order valence-corrected chi connectivity index (χ1v) is 30.4. The van der Waals surface area contributed by atoms with Crippen LogP contribution in [0.4, 0.5) is 18.4 Å². The van der Waals surface area contributed by atoms with E-state index >= 15 is 0 Å². The van der Waals surface area contributed by atoms with E-state index in [0.29, 0.717) is 107 Å². The molecule has 2 aromatic carbocycles. The minimum absolute atomic E-state index is 0. The molecule has 4 amide bonds. The zero-order chi connectivity index (χ0) is 58.9. The number of amides is 4. The number of carboxylic acids is 2. The quantitative estimate of drug-likeness (QED) is 0.0642. The molecule has 0 spiro atoms.